The third-order valence-corrected chi connectivity index (χ3v) is 4.07. The third kappa shape index (κ3) is 5.67. The summed E-state index contributed by atoms with van der Waals surface area (Å²) in [5.74, 6) is -1.36. The summed E-state index contributed by atoms with van der Waals surface area (Å²) in [6.07, 6.45) is 0.191. The first kappa shape index (κ1) is 19.6. The van der Waals surface area contributed by atoms with Crippen molar-refractivity contribution in [3.63, 3.8) is 0 Å². The molecule has 2 rings (SSSR count). The van der Waals surface area contributed by atoms with Gasteiger partial charge in [-0.05, 0) is 23.8 Å². The number of halogens is 1. The van der Waals surface area contributed by atoms with Crippen molar-refractivity contribution in [3.05, 3.63) is 59.1 Å². The number of rotatable bonds is 9. The summed E-state index contributed by atoms with van der Waals surface area (Å²) in [5, 5.41) is 15.7. The van der Waals surface area contributed by atoms with Crippen LogP contribution in [0, 0.1) is 0 Å². The molecule has 1 unspecified atom stereocenters. The maximum Gasteiger partial charge on any atom is 0.312 e. The van der Waals surface area contributed by atoms with Crippen molar-refractivity contribution in [2.24, 2.45) is 0 Å². The summed E-state index contributed by atoms with van der Waals surface area (Å²) in [6.45, 7) is 0.407. The van der Waals surface area contributed by atoms with Crippen LogP contribution in [0.2, 0.25) is 5.02 Å². The SMILES string of the molecule is COc1ccc(Cl)cc1NCCC(=O)NCC(C(=O)O)c1ccccc1. The normalized spacial score (nSPS) is 11.5. The molecular formula is C19H21ClN2O4. The number of carboxylic acids is 1. The minimum absolute atomic E-state index is 0.0403. The van der Waals surface area contributed by atoms with Crippen molar-refractivity contribution in [3.8, 4) is 5.75 Å². The van der Waals surface area contributed by atoms with E-state index in [2.05, 4.69) is 10.6 Å². The van der Waals surface area contributed by atoms with Crippen LogP contribution in [0.5, 0.6) is 5.75 Å². The number of ether oxygens (including phenoxy) is 1. The second-order valence-corrected chi connectivity index (χ2v) is 6.06. The van der Waals surface area contributed by atoms with E-state index in [1.807, 2.05) is 6.07 Å². The second kappa shape index (κ2) is 9.68. The lowest BCUT2D eigenvalue weighted by atomic mass is 9.99. The van der Waals surface area contributed by atoms with Crippen molar-refractivity contribution in [2.75, 3.05) is 25.5 Å². The van der Waals surface area contributed by atoms with Gasteiger partial charge in [0, 0.05) is 24.5 Å². The summed E-state index contributed by atoms with van der Waals surface area (Å²) in [5.41, 5.74) is 1.35. The Labute approximate surface area is 157 Å². The van der Waals surface area contributed by atoms with Gasteiger partial charge in [0.25, 0.3) is 0 Å². The highest BCUT2D eigenvalue weighted by molar-refractivity contribution is 6.30. The summed E-state index contributed by atoms with van der Waals surface area (Å²) in [4.78, 5) is 23.4. The zero-order valence-corrected chi connectivity index (χ0v) is 15.1. The molecule has 0 aliphatic carbocycles. The number of benzene rings is 2. The quantitative estimate of drug-likeness (QED) is 0.625. The molecule has 1 atom stereocenters. The molecule has 2 aromatic carbocycles. The monoisotopic (exact) mass is 376 g/mol. The Kier molecular flexibility index (Phi) is 7.29. The van der Waals surface area contributed by atoms with Crippen molar-refractivity contribution < 1.29 is 19.4 Å². The molecule has 0 bridgehead atoms. The number of carbonyl (C=O) groups is 2. The van der Waals surface area contributed by atoms with Gasteiger partial charge in [0.2, 0.25) is 5.91 Å². The number of nitrogens with one attached hydrogen (secondary N) is 2. The van der Waals surface area contributed by atoms with Crippen molar-refractivity contribution in [1.29, 1.82) is 0 Å². The molecule has 138 valence electrons. The summed E-state index contributed by atoms with van der Waals surface area (Å²) < 4.78 is 5.23. The number of carboxylic acid groups (broad SMARTS) is 1. The van der Waals surface area contributed by atoms with E-state index in [4.69, 9.17) is 16.3 Å². The lowest BCUT2D eigenvalue weighted by Crippen LogP contribution is -2.32. The molecule has 26 heavy (non-hydrogen) atoms. The highest BCUT2D eigenvalue weighted by Gasteiger charge is 2.20. The Hall–Kier alpha value is -2.73. The number of aliphatic carboxylic acids is 1. The topological polar surface area (TPSA) is 87.7 Å². The van der Waals surface area contributed by atoms with Crippen molar-refractivity contribution in [2.45, 2.75) is 12.3 Å². The Bertz CT molecular complexity index is 752. The predicted molar refractivity (Wildman–Crippen MR) is 101 cm³/mol. The fourth-order valence-electron chi connectivity index (χ4n) is 2.47. The first-order valence-corrected chi connectivity index (χ1v) is 8.51. The number of hydrogen-bond donors (Lipinski definition) is 3. The standard InChI is InChI=1S/C19H21ClN2O4/c1-26-17-8-7-14(20)11-16(17)21-10-9-18(23)22-12-15(19(24)25)13-5-3-2-4-6-13/h2-8,11,15,21H,9-10,12H2,1H3,(H,22,23)(H,24,25). The highest BCUT2D eigenvalue weighted by Crippen LogP contribution is 2.27. The molecule has 2 aromatic rings. The van der Waals surface area contributed by atoms with Crippen LogP contribution in [0.3, 0.4) is 0 Å². The van der Waals surface area contributed by atoms with E-state index in [0.717, 1.165) is 0 Å². The molecule has 7 heteroatoms. The van der Waals surface area contributed by atoms with Gasteiger partial charge in [-0.3, -0.25) is 9.59 Å². The molecule has 0 spiro atoms. The second-order valence-electron chi connectivity index (χ2n) is 5.63. The first-order valence-electron chi connectivity index (χ1n) is 8.13. The number of methoxy groups -OCH3 is 1. The molecule has 0 radical (unpaired) electrons. The van der Waals surface area contributed by atoms with Crippen LogP contribution in [-0.4, -0.2) is 37.2 Å². The molecule has 0 saturated heterocycles. The van der Waals surface area contributed by atoms with Crippen LogP contribution < -0.4 is 15.4 Å². The Morgan fingerprint density at radius 1 is 1.19 bits per heavy atom. The van der Waals surface area contributed by atoms with Gasteiger partial charge in [0.1, 0.15) is 5.75 Å². The van der Waals surface area contributed by atoms with E-state index in [1.165, 1.54) is 0 Å². The fourth-order valence-corrected chi connectivity index (χ4v) is 2.64. The zero-order chi connectivity index (χ0) is 18.9. The molecular weight excluding hydrogens is 356 g/mol. The molecule has 3 N–H and O–H groups in total. The minimum Gasteiger partial charge on any atom is -0.495 e. The number of anilines is 1. The van der Waals surface area contributed by atoms with Crippen molar-refractivity contribution in [1.82, 2.24) is 5.32 Å². The molecule has 0 saturated carbocycles. The summed E-state index contributed by atoms with van der Waals surface area (Å²) in [7, 11) is 1.55. The van der Waals surface area contributed by atoms with Crippen LogP contribution in [0.4, 0.5) is 5.69 Å². The van der Waals surface area contributed by atoms with E-state index >= 15 is 0 Å². The zero-order valence-electron chi connectivity index (χ0n) is 14.4. The molecule has 0 fully saturated rings. The smallest absolute Gasteiger partial charge is 0.312 e. The fraction of sp³-hybridized carbons (Fsp3) is 0.263. The molecule has 6 nitrogen and oxygen atoms in total. The van der Waals surface area contributed by atoms with Crippen LogP contribution >= 0.6 is 11.6 Å². The average molecular weight is 377 g/mol. The predicted octanol–water partition coefficient (Wildman–Crippen LogP) is 3.14. The van der Waals surface area contributed by atoms with Crippen LogP contribution in [-0.2, 0) is 9.59 Å². The van der Waals surface area contributed by atoms with Gasteiger partial charge in [-0.25, -0.2) is 0 Å². The van der Waals surface area contributed by atoms with E-state index in [0.29, 0.717) is 28.6 Å². The number of amides is 1. The van der Waals surface area contributed by atoms with Crippen molar-refractivity contribution >= 4 is 29.2 Å². The third-order valence-electron chi connectivity index (χ3n) is 3.83. The van der Waals surface area contributed by atoms with E-state index < -0.39 is 11.9 Å². The van der Waals surface area contributed by atoms with Gasteiger partial charge >= 0.3 is 5.97 Å². The minimum atomic E-state index is -0.974. The average Bonchev–Trinajstić information content (AvgIpc) is 2.63. The number of carbonyl (C=O) groups excluding carboxylic acids is 1. The summed E-state index contributed by atoms with van der Waals surface area (Å²) >= 11 is 5.96. The van der Waals surface area contributed by atoms with Gasteiger partial charge in [-0.1, -0.05) is 41.9 Å². The Morgan fingerprint density at radius 3 is 2.58 bits per heavy atom. The van der Waals surface area contributed by atoms with Crippen LogP contribution in [0.15, 0.2) is 48.5 Å². The Morgan fingerprint density at radius 2 is 1.92 bits per heavy atom. The van der Waals surface area contributed by atoms with Gasteiger partial charge in [-0.15, -0.1) is 0 Å². The largest absolute Gasteiger partial charge is 0.495 e. The Balaban J connectivity index is 1.83. The molecule has 0 heterocycles. The van der Waals surface area contributed by atoms with Gasteiger partial charge in [-0.2, -0.15) is 0 Å². The van der Waals surface area contributed by atoms with Crippen LogP contribution in [0.25, 0.3) is 0 Å². The lowest BCUT2D eigenvalue weighted by Gasteiger charge is -2.14. The molecule has 1 amide bonds. The number of hydrogen-bond acceptors (Lipinski definition) is 4. The molecule has 0 aliphatic heterocycles. The maximum absolute atomic E-state index is 12.0. The van der Waals surface area contributed by atoms with E-state index in [-0.39, 0.29) is 18.9 Å². The van der Waals surface area contributed by atoms with E-state index in [9.17, 15) is 14.7 Å². The maximum atomic E-state index is 12.0. The van der Waals surface area contributed by atoms with Gasteiger partial charge < -0.3 is 20.5 Å². The first-order chi connectivity index (χ1) is 12.5. The van der Waals surface area contributed by atoms with E-state index in [1.54, 1.807) is 49.6 Å². The molecule has 0 aliphatic rings. The highest BCUT2D eigenvalue weighted by atomic mass is 35.5. The summed E-state index contributed by atoms with van der Waals surface area (Å²) in [6, 6.07) is 14.0. The van der Waals surface area contributed by atoms with Crippen LogP contribution in [0.1, 0.15) is 17.9 Å². The molecule has 0 aromatic heterocycles. The lowest BCUT2D eigenvalue weighted by molar-refractivity contribution is -0.138. The van der Waals surface area contributed by atoms with Gasteiger partial charge in [0.15, 0.2) is 0 Å². The van der Waals surface area contributed by atoms with Gasteiger partial charge in [0.05, 0.1) is 18.7 Å².